The number of urea groups is 1. The standard InChI is InChI=1S/C23H26N4O5S/c1-17-5-7-18(8-6-17)22-25-20(16-32-22)9-10-24-23(28)26-19-3-2-4-21(15-19)33(29,30)27-11-13-31-14-12-27/h2-8,15-16H,9-14H2,1H3,(H2,24,26,28). The summed E-state index contributed by atoms with van der Waals surface area (Å²) < 4.78 is 37.7. The van der Waals surface area contributed by atoms with E-state index >= 15 is 0 Å². The molecule has 174 valence electrons. The van der Waals surface area contributed by atoms with Gasteiger partial charge in [-0.25, -0.2) is 18.2 Å². The lowest BCUT2D eigenvalue weighted by atomic mass is 10.1. The fourth-order valence-corrected chi connectivity index (χ4v) is 4.85. The van der Waals surface area contributed by atoms with Crippen LogP contribution in [0.4, 0.5) is 10.5 Å². The molecule has 9 nitrogen and oxygen atoms in total. The number of carbonyl (C=O) groups excluding carboxylic acids is 1. The molecule has 33 heavy (non-hydrogen) atoms. The molecule has 1 saturated heterocycles. The number of hydrogen-bond donors (Lipinski definition) is 2. The number of hydrogen-bond acceptors (Lipinski definition) is 6. The molecule has 3 aromatic rings. The molecule has 0 radical (unpaired) electrons. The summed E-state index contributed by atoms with van der Waals surface area (Å²) in [5, 5.41) is 5.43. The molecule has 10 heteroatoms. The average Bonchev–Trinajstić information content (AvgIpc) is 3.29. The van der Waals surface area contributed by atoms with Gasteiger partial charge in [0.1, 0.15) is 6.26 Å². The fraction of sp³-hybridized carbons (Fsp3) is 0.304. The van der Waals surface area contributed by atoms with E-state index in [1.165, 1.54) is 16.4 Å². The number of nitrogens with one attached hydrogen (secondary N) is 2. The number of benzene rings is 2. The summed E-state index contributed by atoms with van der Waals surface area (Å²) >= 11 is 0. The van der Waals surface area contributed by atoms with E-state index < -0.39 is 16.1 Å². The molecule has 0 spiro atoms. The minimum Gasteiger partial charge on any atom is -0.444 e. The molecule has 1 aliphatic rings. The Morgan fingerprint density at radius 3 is 2.64 bits per heavy atom. The van der Waals surface area contributed by atoms with Crippen LogP contribution in [0.5, 0.6) is 0 Å². The highest BCUT2D eigenvalue weighted by molar-refractivity contribution is 7.89. The summed E-state index contributed by atoms with van der Waals surface area (Å²) in [6.07, 6.45) is 2.07. The Morgan fingerprint density at radius 2 is 1.88 bits per heavy atom. The van der Waals surface area contributed by atoms with Gasteiger partial charge in [-0.05, 0) is 37.3 Å². The Hall–Kier alpha value is -3.21. The molecule has 2 aromatic carbocycles. The lowest BCUT2D eigenvalue weighted by Crippen LogP contribution is -2.40. The number of aromatic nitrogens is 1. The second-order valence-electron chi connectivity index (χ2n) is 7.69. The Kier molecular flexibility index (Phi) is 7.07. The van der Waals surface area contributed by atoms with Crippen molar-refractivity contribution in [2.75, 3.05) is 38.2 Å². The third-order valence-corrected chi connectivity index (χ3v) is 7.11. The fourth-order valence-electron chi connectivity index (χ4n) is 3.40. The molecule has 0 saturated carbocycles. The van der Waals surface area contributed by atoms with Crippen molar-refractivity contribution in [3.8, 4) is 11.5 Å². The average molecular weight is 471 g/mol. The van der Waals surface area contributed by atoms with Crippen LogP contribution < -0.4 is 10.6 Å². The quantitative estimate of drug-likeness (QED) is 0.549. The van der Waals surface area contributed by atoms with Crippen LogP contribution in [0.15, 0.2) is 64.1 Å². The number of rotatable bonds is 7. The Labute approximate surface area is 192 Å². The van der Waals surface area contributed by atoms with E-state index in [0.717, 1.165) is 16.8 Å². The van der Waals surface area contributed by atoms with Crippen molar-refractivity contribution in [1.29, 1.82) is 0 Å². The minimum atomic E-state index is -3.63. The zero-order chi connectivity index (χ0) is 23.3. The summed E-state index contributed by atoms with van der Waals surface area (Å²) in [6, 6.07) is 13.7. The monoisotopic (exact) mass is 470 g/mol. The van der Waals surface area contributed by atoms with E-state index in [9.17, 15) is 13.2 Å². The summed E-state index contributed by atoms with van der Waals surface area (Å²) in [7, 11) is -3.63. The first-order valence-electron chi connectivity index (χ1n) is 10.7. The van der Waals surface area contributed by atoms with Crippen LogP contribution in [0.2, 0.25) is 0 Å². The predicted molar refractivity (Wildman–Crippen MR) is 123 cm³/mol. The maximum Gasteiger partial charge on any atom is 0.319 e. The van der Waals surface area contributed by atoms with Gasteiger partial charge in [-0.3, -0.25) is 0 Å². The second kappa shape index (κ2) is 10.2. The second-order valence-corrected chi connectivity index (χ2v) is 9.62. The maximum atomic E-state index is 12.8. The van der Waals surface area contributed by atoms with Gasteiger partial charge in [-0.1, -0.05) is 23.8 Å². The Morgan fingerprint density at radius 1 is 1.12 bits per heavy atom. The van der Waals surface area contributed by atoms with Gasteiger partial charge in [-0.2, -0.15) is 4.31 Å². The highest BCUT2D eigenvalue weighted by Gasteiger charge is 2.26. The number of oxazole rings is 1. The first-order chi connectivity index (χ1) is 15.9. The van der Waals surface area contributed by atoms with Gasteiger partial charge in [0.15, 0.2) is 0 Å². The van der Waals surface area contributed by atoms with Crippen LogP contribution in [0.1, 0.15) is 11.3 Å². The summed E-state index contributed by atoms with van der Waals surface area (Å²) in [4.78, 5) is 16.9. The van der Waals surface area contributed by atoms with Crippen molar-refractivity contribution in [2.24, 2.45) is 0 Å². The van der Waals surface area contributed by atoms with Crippen LogP contribution in [0.25, 0.3) is 11.5 Å². The molecule has 0 bridgehead atoms. The minimum absolute atomic E-state index is 0.133. The summed E-state index contributed by atoms with van der Waals surface area (Å²) in [5.41, 5.74) is 3.17. The van der Waals surface area contributed by atoms with E-state index in [2.05, 4.69) is 15.6 Å². The number of carbonyl (C=O) groups is 1. The van der Waals surface area contributed by atoms with Crippen LogP contribution in [0, 0.1) is 6.92 Å². The first-order valence-corrected chi connectivity index (χ1v) is 12.1. The highest BCUT2D eigenvalue weighted by Crippen LogP contribution is 2.21. The number of sulfonamides is 1. The number of amides is 2. The van der Waals surface area contributed by atoms with Gasteiger partial charge in [0.05, 0.1) is 23.8 Å². The van der Waals surface area contributed by atoms with Crippen molar-refractivity contribution < 1.29 is 22.4 Å². The third kappa shape index (κ3) is 5.78. The molecule has 2 heterocycles. The molecule has 0 atom stereocenters. The van der Waals surface area contributed by atoms with Crippen LogP contribution >= 0.6 is 0 Å². The molecule has 1 fully saturated rings. The Balaban J connectivity index is 1.30. The molecule has 0 unspecified atom stereocenters. The van der Waals surface area contributed by atoms with Crippen molar-refractivity contribution >= 4 is 21.7 Å². The van der Waals surface area contributed by atoms with Crippen molar-refractivity contribution in [3.05, 3.63) is 66.1 Å². The molecule has 2 amide bonds. The smallest absolute Gasteiger partial charge is 0.319 e. The van der Waals surface area contributed by atoms with Crippen LogP contribution in [0.3, 0.4) is 0 Å². The number of morpholine rings is 1. The first kappa shape index (κ1) is 23.0. The SMILES string of the molecule is Cc1ccc(-c2nc(CCNC(=O)Nc3cccc(S(=O)(=O)N4CCOCC4)c3)co2)cc1. The topological polar surface area (TPSA) is 114 Å². The van der Waals surface area contributed by atoms with Gasteiger partial charge >= 0.3 is 6.03 Å². The Bertz CT molecular complexity index is 1200. The van der Waals surface area contributed by atoms with Gasteiger partial charge in [0.25, 0.3) is 0 Å². The van der Waals surface area contributed by atoms with Gasteiger partial charge in [0, 0.05) is 37.3 Å². The van der Waals surface area contributed by atoms with E-state index in [1.807, 2.05) is 31.2 Å². The van der Waals surface area contributed by atoms with E-state index in [1.54, 1.807) is 18.4 Å². The van der Waals surface area contributed by atoms with E-state index in [0.29, 0.717) is 50.8 Å². The molecule has 1 aliphatic heterocycles. The number of ether oxygens (including phenoxy) is 1. The third-order valence-electron chi connectivity index (χ3n) is 5.22. The van der Waals surface area contributed by atoms with Crippen molar-refractivity contribution in [3.63, 3.8) is 0 Å². The largest absolute Gasteiger partial charge is 0.444 e. The zero-order valence-electron chi connectivity index (χ0n) is 18.3. The van der Waals surface area contributed by atoms with Gasteiger partial charge < -0.3 is 19.8 Å². The number of nitrogens with zero attached hydrogens (tertiary/aromatic N) is 2. The number of anilines is 1. The lowest BCUT2D eigenvalue weighted by Gasteiger charge is -2.26. The maximum absolute atomic E-state index is 12.8. The van der Waals surface area contributed by atoms with E-state index in [4.69, 9.17) is 9.15 Å². The summed E-state index contributed by atoms with van der Waals surface area (Å²) in [5.74, 6) is 0.535. The molecular weight excluding hydrogens is 444 g/mol. The normalized spacial score (nSPS) is 14.7. The van der Waals surface area contributed by atoms with Crippen LogP contribution in [-0.2, 0) is 21.2 Å². The molecule has 4 rings (SSSR count). The molecule has 0 aliphatic carbocycles. The predicted octanol–water partition coefficient (Wildman–Crippen LogP) is 3.04. The highest BCUT2D eigenvalue weighted by atomic mass is 32.2. The summed E-state index contributed by atoms with van der Waals surface area (Å²) in [6.45, 7) is 3.73. The van der Waals surface area contributed by atoms with E-state index in [-0.39, 0.29) is 4.90 Å². The lowest BCUT2D eigenvalue weighted by molar-refractivity contribution is 0.0730. The zero-order valence-corrected chi connectivity index (χ0v) is 19.1. The molecule has 2 N–H and O–H groups in total. The number of aryl methyl sites for hydroxylation is 1. The molecule has 1 aromatic heterocycles. The van der Waals surface area contributed by atoms with Crippen molar-refractivity contribution in [1.82, 2.24) is 14.6 Å². The van der Waals surface area contributed by atoms with Crippen molar-refractivity contribution in [2.45, 2.75) is 18.2 Å². The molecular formula is C23H26N4O5S. The van der Waals surface area contributed by atoms with Gasteiger partial charge in [0.2, 0.25) is 15.9 Å². The van der Waals surface area contributed by atoms with Gasteiger partial charge in [-0.15, -0.1) is 0 Å². The van der Waals surface area contributed by atoms with Crippen LogP contribution in [-0.4, -0.2) is 56.6 Å².